The van der Waals surface area contributed by atoms with E-state index in [0.29, 0.717) is 11.3 Å². The van der Waals surface area contributed by atoms with Crippen LogP contribution in [0.25, 0.3) is 16.9 Å². The summed E-state index contributed by atoms with van der Waals surface area (Å²) in [5.41, 5.74) is 2.13. The second-order valence-electron chi connectivity index (χ2n) is 3.92. The Labute approximate surface area is 116 Å². The van der Waals surface area contributed by atoms with Crippen LogP contribution in [0.15, 0.2) is 47.1 Å². The van der Waals surface area contributed by atoms with E-state index in [9.17, 15) is 4.79 Å². The molecule has 0 aliphatic carbocycles. The molecule has 0 radical (unpaired) electrons. The number of benzene rings is 1. The van der Waals surface area contributed by atoms with Crippen LogP contribution in [0.2, 0.25) is 0 Å². The Kier molecular flexibility index (Phi) is 2.79. The number of rotatable bonds is 2. The summed E-state index contributed by atoms with van der Waals surface area (Å²) in [7, 11) is 0. The molecule has 1 N–H and O–H groups in total. The first-order valence-corrected chi connectivity index (χ1v) is 6.29. The van der Waals surface area contributed by atoms with Crippen LogP contribution in [-0.4, -0.2) is 25.7 Å². The van der Waals surface area contributed by atoms with Crippen LogP contribution < -0.4 is 0 Å². The van der Waals surface area contributed by atoms with Gasteiger partial charge in [-0.05, 0) is 18.2 Å². The number of fused-ring (bicyclic) bond motifs is 1. The molecular weight excluding hydrogens is 310 g/mol. The van der Waals surface area contributed by atoms with Crippen molar-refractivity contribution in [2.75, 3.05) is 0 Å². The van der Waals surface area contributed by atoms with Crippen molar-refractivity contribution in [3.05, 3.63) is 52.8 Å². The van der Waals surface area contributed by atoms with Crippen molar-refractivity contribution >= 4 is 27.5 Å². The Hall–Kier alpha value is -2.21. The van der Waals surface area contributed by atoms with Gasteiger partial charge in [0.25, 0.3) is 0 Å². The Bertz CT molecular complexity index is 782. The minimum Gasteiger partial charge on any atom is -0.476 e. The van der Waals surface area contributed by atoms with E-state index in [1.807, 2.05) is 30.3 Å². The highest BCUT2D eigenvalue weighted by molar-refractivity contribution is 9.10. The summed E-state index contributed by atoms with van der Waals surface area (Å²) >= 11 is 3.45. The summed E-state index contributed by atoms with van der Waals surface area (Å²) in [5, 5.41) is 13.4. The zero-order valence-electron chi connectivity index (χ0n) is 9.62. The fourth-order valence-electron chi connectivity index (χ4n) is 1.83. The van der Waals surface area contributed by atoms with Crippen molar-refractivity contribution < 1.29 is 9.90 Å². The van der Waals surface area contributed by atoms with Crippen molar-refractivity contribution in [3.63, 3.8) is 0 Å². The lowest BCUT2D eigenvalue weighted by Gasteiger charge is -2.04. The van der Waals surface area contributed by atoms with Crippen LogP contribution in [0.3, 0.4) is 0 Å². The minimum atomic E-state index is -1.05. The van der Waals surface area contributed by atoms with Gasteiger partial charge in [-0.25, -0.2) is 14.3 Å². The topological polar surface area (TPSA) is 67.5 Å². The van der Waals surface area contributed by atoms with Gasteiger partial charge in [0.15, 0.2) is 11.3 Å². The molecule has 19 heavy (non-hydrogen) atoms. The van der Waals surface area contributed by atoms with E-state index in [1.165, 1.54) is 10.7 Å². The summed E-state index contributed by atoms with van der Waals surface area (Å²) in [6, 6.07) is 11.2. The average Bonchev–Trinajstić information content (AvgIpc) is 2.82. The third kappa shape index (κ3) is 2.00. The number of nitrogens with zero attached hydrogens (tertiary/aromatic N) is 3. The summed E-state index contributed by atoms with van der Waals surface area (Å²) in [4.78, 5) is 15.1. The average molecular weight is 318 g/mol. The van der Waals surface area contributed by atoms with Crippen LogP contribution in [0, 0.1) is 0 Å². The fraction of sp³-hybridized carbons (Fsp3) is 0. The smallest absolute Gasteiger partial charge is 0.356 e. The van der Waals surface area contributed by atoms with Crippen molar-refractivity contribution in [1.29, 1.82) is 0 Å². The van der Waals surface area contributed by atoms with Gasteiger partial charge in [-0.2, -0.15) is 5.10 Å². The second-order valence-corrected chi connectivity index (χ2v) is 4.77. The molecule has 0 bridgehead atoms. The zero-order valence-corrected chi connectivity index (χ0v) is 11.2. The van der Waals surface area contributed by atoms with Crippen LogP contribution >= 0.6 is 15.9 Å². The molecule has 0 aliphatic heterocycles. The quantitative estimate of drug-likeness (QED) is 0.789. The van der Waals surface area contributed by atoms with E-state index in [1.54, 1.807) is 6.07 Å². The number of carbonyl (C=O) groups is 1. The molecule has 2 aromatic heterocycles. The Balaban J connectivity index is 2.24. The van der Waals surface area contributed by atoms with E-state index in [-0.39, 0.29) is 5.69 Å². The standard InChI is InChI=1S/C13H8BrN3O2/c14-9-4-2-1-3-8(9)10-5-6-12-15-7-11(13(18)19)17(12)16-10/h1-7H,(H,18,19). The SMILES string of the molecule is O=C(O)c1cnc2ccc(-c3ccccc3Br)nn12. The summed E-state index contributed by atoms with van der Waals surface area (Å²) in [5.74, 6) is -1.05. The lowest BCUT2D eigenvalue weighted by atomic mass is 10.1. The third-order valence-electron chi connectivity index (χ3n) is 2.73. The van der Waals surface area contributed by atoms with Crippen molar-refractivity contribution in [2.45, 2.75) is 0 Å². The number of imidazole rings is 1. The number of hydrogen-bond acceptors (Lipinski definition) is 3. The predicted molar refractivity (Wildman–Crippen MR) is 73.1 cm³/mol. The maximum absolute atomic E-state index is 11.1. The van der Waals surface area contributed by atoms with E-state index in [0.717, 1.165) is 10.0 Å². The van der Waals surface area contributed by atoms with Crippen LogP contribution in [0.4, 0.5) is 0 Å². The Morgan fingerprint density at radius 2 is 2.00 bits per heavy atom. The zero-order chi connectivity index (χ0) is 13.4. The molecule has 2 heterocycles. The molecule has 0 atom stereocenters. The van der Waals surface area contributed by atoms with Gasteiger partial charge in [-0.15, -0.1) is 0 Å². The van der Waals surface area contributed by atoms with Crippen molar-refractivity contribution in [3.8, 4) is 11.3 Å². The van der Waals surface area contributed by atoms with Crippen molar-refractivity contribution in [1.82, 2.24) is 14.6 Å². The summed E-state index contributed by atoms with van der Waals surface area (Å²) in [6.45, 7) is 0. The Morgan fingerprint density at radius 3 is 2.74 bits per heavy atom. The van der Waals surface area contributed by atoms with Crippen molar-refractivity contribution in [2.24, 2.45) is 0 Å². The van der Waals surface area contributed by atoms with Gasteiger partial charge >= 0.3 is 5.97 Å². The molecule has 0 unspecified atom stereocenters. The monoisotopic (exact) mass is 317 g/mol. The number of hydrogen-bond donors (Lipinski definition) is 1. The summed E-state index contributed by atoms with van der Waals surface area (Å²) in [6.07, 6.45) is 1.30. The van der Waals surface area contributed by atoms with Gasteiger partial charge < -0.3 is 5.11 Å². The van der Waals surface area contributed by atoms with Crippen LogP contribution in [0.1, 0.15) is 10.5 Å². The summed E-state index contributed by atoms with van der Waals surface area (Å²) < 4.78 is 2.23. The third-order valence-corrected chi connectivity index (χ3v) is 3.42. The molecule has 0 spiro atoms. The van der Waals surface area contributed by atoms with Gasteiger partial charge in [0.05, 0.1) is 11.9 Å². The van der Waals surface area contributed by atoms with E-state index >= 15 is 0 Å². The lowest BCUT2D eigenvalue weighted by Crippen LogP contribution is -2.05. The number of aromatic nitrogens is 3. The maximum Gasteiger partial charge on any atom is 0.356 e. The van der Waals surface area contributed by atoms with Gasteiger partial charge in [0, 0.05) is 10.0 Å². The molecule has 3 aromatic rings. The first-order chi connectivity index (χ1) is 9.16. The van der Waals surface area contributed by atoms with Gasteiger partial charge in [-0.3, -0.25) is 0 Å². The van der Waals surface area contributed by atoms with Crippen LogP contribution in [-0.2, 0) is 0 Å². The number of halogens is 1. The highest BCUT2D eigenvalue weighted by atomic mass is 79.9. The first-order valence-electron chi connectivity index (χ1n) is 5.50. The molecule has 0 aliphatic rings. The molecule has 0 fully saturated rings. The molecule has 3 rings (SSSR count). The van der Waals surface area contributed by atoms with Gasteiger partial charge in [0.2, 0.25) is 0 Å². The molecular formula is C13H8BrN3O2. The normalized spacial score (nSPS) is 10.8. The molecule has 0 saturated carbocycles. The maximum atomic E-state index is 11.1. The van der Waals surface area contributed by atoms with Gasteiger partial charge in [-0.1, -0.05) is 34.1 Å². The van der Waals surface area contributed by atoms with Crippen LogP contribution in [0.5, 0.6) is 0 Å². The first kappa shape index (κ1) is 11.9. The lowest BCUT2D eigenvalue weighted by molar-refractivity contribution is 0.0688. The minimum absolute atomic E-state index is 0.0453. The number of carboxylic acids is 1. The predicted octanol–water partition coefficient (Wildman–Crippen LogP) is 2.86. The molecule has 5 nitrogen and oxygen atoms in total. The molecule has 6 heteroatoms. The highest BCUT2D eigenvalue weighted by Crippen LogP contribution is 2.26. The largest absolute Gasteiger partial charge is 0.476 e. The Morgan fingerprint density at radius 1 is 1.21 bits per heavy atom. The molecule has 0 amide bonds. The van der Waals surface area contributed by atoms with E-state index in [4.69, 9.17) is 5.11 Å². The van der Waals surface area contributed by atoms with E-state index < -0.39 is 5.97 Å². The number of aromatic carboxylic acids is 1. The number of carboxylic acid groups (broad SMARTS) is 1. The molecule has 0 saturated heterocycles. The molecule has 94 valence electrons. The molecule has 1 aromatic carbocycles. The second kappa shape index (κ2) is 4.47. The highest BCUT2D eigenvalue weighted by Gasteiger charge is 2.13. The van der Waals surface area contributed by atoms with Gasteiger partial charge in [0.1, 0.15) is 0 Å². The van der Waals surface area contributed by atoms with E-state index in [2.05, 4.69) is 26.0 Å². The fourth-order valence-corrected chi connectivity index (χ4v) is 2.32.